The number of alkyl halides is 3. The minimum absolute atomic E-state index is 0.0979. The summed E-state index contributed by atoms with van der Waals surface area (Å²) in [6.45, 7) is 1.67. The molecule has 0 spiro atoms. The number of fused-ring (bicyclic) bond motifs is 1. The van der Waals surface area contributed by atoms with E-state index in [0.29, 0.717) is 16.8 Å². The summed E-state index contributed by atoms with van der Waals surface area (Å²) < 4.78 is 43.3. The molecule has 0 aliphatic carbocycles. The highest BCUT2D eigenvalue weighted by molar-refractivity contribution is 6.30. The molecule has 6 nitrogen and oxygen atoms in total. The first-order valence-corrected chi connectivity index (χ1v) is 6.74. The quantitative estimate of drug-likeness (QED) is 0.719. The summed E-state index contributed by atoms with van der Waals surface area (Å²) in [5.41, 5.74) is 7.13. The lowest BCUT2D eigenvalue weighted by Gasteiger charge is -2.12. The summed E-state index contributed by atoms with van der Waals surface area (Å²) in [6, 6.07) is 0.944. The van der Waals surface area contributed by atoms with E-state index in [1.165, 1.54) is 6.20 Å². The third kappa shape index (κ3) is 2.79. The van der Waals surface area contributed by atoms with Crippen LogP contribution < -0.4 is 5.73 Å². The van der Waals surface area contributed by atoms with E-state index in [4.69, 9.17) is 17.3 Å². The number of anilines is 1. The van der Waals surface area contributed by atoms with Gasteiger partial charge in [0.15, 0.2) is 5.52 Å². The summed E-state index contributed by atoms with van der Waals surface area (Å²) >= 11 is 5.51. The average Bonchev–Trinajstić information content (AvgIpc) is 2.92. The van der Waals surface area contributed by atoms with Crippen molar-refractivity contribution in [2.45, 2.75) is 19.5 Å². The van der Waals surface area contributed by atoms with E-state index in [1.54, 1.807) is 6.92 Å². The Morgan fingerprint density at radius 3 is 2.74 bits per heavy atom. The fourth-order valence-corrected chi connectivity index (χ4v) is 2.42. The van der Waals surface area contributed by atoms with E-state index >= 15 is 0 Å². The van der Waals surface area contributed by atoms with Crippen LogP contribution >= 0.6 is 11.6 Å². The molecule has 3 aromatic heterocycles. The summed E-state index contributed by atoms with van der Waals surface area (Å²) in [7, 11) is 0. The summed E-state index contributed by atoms with van der Waals surface area (Å²) in [5, 5.41) is 6.64. The third-order valence-corrected chi connectivity index (χ3v) is 3.64. The molecule has 0 radical (unpaired) electrons. The van der Waals surface area contributed by atoms with Crippen molar-refractivity contribution in [1.29, 1.82) is 0 Å². The molecule has 0 amide bonds. The van der Waals surface area contributed by atoms with Crippen LogP contribution in [0.25, 0.3) is 11.2 Å². The first-order valence-electron chi connectivity index (χ1n) is 6.36. The number of rotatable bonds is 2. The summed E-state index contributed by atoms with van der Waals surface area (Å²) in [4.78, 5) is 7.76. The molecule has 0 saturated heterocycles. The molecular weight excluding hydrogens is 335 g/mol. The highest BCUT2D eigenvalue weighted by Gasteiger charge is 2.34. The number of nitrogens with zero attached hydrogens (tertiary/aromatic N) is 4. The van der Waals surface area contributed by atoms with Crippen LogP contribution in [0, 0.1) is 6.92 Å². The van der Waals surface area contributed by atoms with Crippen molar-refractivity contribution < 1.29 is 17.8 Å². The van der Waals surface area contributed by atoms with Crippen molar-refractivity contribution in [2.75, 3.05) is 5.73 Å². The van der Waals surface area contributed by atoms with Gasteiger partial charge in [-0.2, -0.15) is 13.2 Å². The maximum absolute atomic E-state index is 12.9. The molecule has 0 aliphatic rings. The summed E-state index contributed by atoms with van der Waals surface area (Å²) in [5.74, 6) is 0. The molecule has 10 heteroatoms. The van der Waals surface area contributed by atoms with E-state index in [-0.39, 0.29) is 23.3 Å². The van der Waals surface area contributed by atoms with Crippen molar-refractivity contribution in [3.05, 3.63) is 39.8 Å². The Balaban J connectivity index is 2.06. The van der Waals surface area contributed by atoms with Crippen molar-refractivity contribution in [1.82, 2.24) is 20.3 Å². The third-order valence-electron chi connectivity index (χ3n) is 3.34. The predicted octanol–water partition coefficient (Wildman–Crippen LogP) is 3.17. The van der Waals surface area contributed by atoms with Gasteiger partial charge in [-0.05, 0) is 28.9 Å². The second-order valence-electron chi connectivity index (χ2n) is 4.88. The van der Waals surface area contributed by atoms with Crippen LogP contribution in [0.2, 0.25) is 5.15 Å². The van der Waals surface area contributed by atoms with Gasteiger partial charge in [-0.1, -0.05) is 11.6 Å². The average molecular weight is 344 g/mol. The fraction of sp³-hybridized carbons (Fsp3) is 0.231. The lowest BCUT2D eigenvalue weighted by Crippen LogP contribution is -2.09. The lowest BCUT2D eigenvalue weighted by atomic mass is 10.0. The molecule has 0 saturated carbocycles. The molecule has 120 valence electrons. The van der Waals surface area contributed by atoms with Crippen LogP contribution in [0.15, 0.2) is 16.9 Å². The smallest absolute Gasteiger partial charge is 0.396 e. The lowest BCUT2D eigenvalue weighted by molar-refractivity contribution is -0.137. The van der Waals surface area contributed by atoms with E-state index in [0.717, 1.165) is 6.07 Å². The Hall–Kier alpha value is -2.42. The Morgan fingerprint density at radius 2 is 2.04 bits per heavy atom. The van der Waals surface area contributed by atoms with E-state index in [2.05, 4.69) is 24.9 Å². The Morgan fingerprint density at radius 1 is 1.30 bits per heavy atom. The predicted molar refractivity (Wildman–Crippen MR) is 75.8 cm³/mol. The molecule has 3 heterocycles. The van der Waals surface area contributed by atoms with Gasteiger partial charge in [-0.15, -0.1) is 0 Å². The second-order valence-corrected chi connectivity index (χ2v) is 5.24. The van der Waals surface area contributed by atoms with Crippen LogP contribution in [0.1, 0.15) is 22.4 Å². The molecule has 0 bridgehead atoms. The molecule has 23 heavy (non-hydrogen) atoms. The molecule has 0 aliphatic heterocycles. The number of hydrogen-bond acceptors (Lipinski definition) is 6. The SMILES string of the molecule is Cc1nc2nonc2c(N)c1Cc1cnc(Cl)c(C(F)(F)F)c1. The highest BCUT2D eigenvalue weighted by Crippen LogP contribution is 2.35. The fourth-order valence-electron chi connectivity index (χ4n) is 2.21. The molecule has 0 fully saturated rings. The molecule has 0 atom stereocenters. The van der Waals surface area contributed by atoms with Gasteiger partial charge in [-0.25, -0.2) is 14.6 Å². The monoisotopic (exact) mass is 343 g/mol. The van der Waals surface area contributed by atoms with Crippen LogP contribution in [0.3, 0.4) is 0 Å². The van der Waals surface area contributed by atoms with Crippen LogP contribution in [-0.4, -0.2) is 20.3 Å². The minimum atomic E-state index is -4.58. The normalized spacial score (nSPS) is 12.0. The Bertz CT molecular complexity index is 893. The van der Waals surface area contributed by atoms with Crippen LogP contribution in [0.5, 0.6) is 0 Å². The number of aromatic nitrogens is 4. The Kier molecular flexibility index (Phi) is 3.59. The second kappa shape index (κ2) is 5.34. The van der Waals surface area contributed by atoms with Crippen molar-refractivity contribution in [3.63, 3.8) is 0 Å². The van der Waals surface area contributed by atoms with Gasteiger partial charge in [0.2, 0.25) is 5.65 Å². The maximum atomic E-state index is 12.9. The van der Waals surface area contributed by atoms with Gasteiger partial charge in [0.05, 0.1) is 11.3 Å². The van der Waals surface area contributed by atoms with Crippen molar-refractivity contribution in [2.24, 2.45) is 0 Å². The molecule has 0 unspecified atom stereocenters. The van der Waals surface area contributed by atoms with E-state index in [1.807, 2.05) is 0 Å². The number of pyridine rings is 2. The topological polar surface area (TPSA) is 90.7 Å². The minimum Gasteiger partial charge on any atom is -0.396 e. The van der Waals surface area contributed by atoms with Crippen LogP contribution in [0.4, 0.5) is 18.9 Å². The van der Waals surface area contributed by atoms with Gasteiger partial charge in [0.1, 0.15) is 5.15 Å². The number of halogens is 4. The number of hydrogen-bond donors (Lipinski definition) is 1. The molecule has 3 rings (SSSR count). The molecule has 3 aromatic rings. The number of aryl methyl sites for hydroxylation is 1. The van der Waals surface area contributed by atoms with Crippen molar-refractivity contribution in [3.8, 4) is 0 Å². The first-order chi connectivity index (χ1) is 10.8. The van der Waals surface area contributed by atoms with E-state index < -0.39 is 16.9 Å². The van der Waals surface area contributed by atoms with Crippen molar-refractivity contribution >= 4 is 28.5 Å². The number of nitrogens with two attached hydrogens (primary N) is 1. The largest absolute Gasteiger partial charge is 0.419 e. The van der Waals surface area contributed by atoms with Gasteiger partial charge >= 0.3 is 6.18 Å². The standard InChI is InChI=1S/C13H9ClF3N5O/c1-5-7(9(18)10-12(20-5)22-23-21-10)2-6-3-8(13(15,16)17)11(14)19-4-6/h3-4H,2,18H2,1H3. The van der Waals surface area contributed by atoms with Gasteiger partial charge < -0.3 is 5.73 Å². The van der Waals surface area contributed by atoms with Crippen LogP contribution in [-0.2, 0) is 12.6 Å². The molecule has 2 N–H and O–H groups in total. The highest BCUT2D eigenvalue weighted by atomic mass is 35.5. The van der Waals surface area contributed by atoms with Gasteiger partial charge in [-0.3, -0.25) is 0 Å². The zero-order chi connectivity index (χ0) is 16.8. The first kappa shape index (κ1) is 15.5. The molecular formula is C13H9ClF3N5O. The summed E-state index contributed by atoms with van der Waals surface area (Å²) in [6.07, 6.45) is -3.22. The molecule has 0 aromatic carbocycles. The zero-order valence-electron chi connectivity index (χ0n) is 11.6. The van der Waals surface area contributed by atoms with Gasteiger partial charge in [0, 0.05) is 23.9 Å². The Labute approximate surface area is 132 Å². The number of nitrogen functional groups attached to an aromatic ring is 1. The zero-order valence-corrected chi connectivity index (χ0v) is 12.4. The van der Waals surface area contributed by atoms with E-state index in [9.17, 15) is 13.2 Å². The maximum Gasteiger partial charge on any atom is 0.419 e. The van der Waals surface area contributed by atoms with Gasteiger partial charge in [0.25, 0.3) is 0 Å².